The van der Waals surface area contributed by atoms with E-state index in [1.165, 1.54) is 12.8 Å². The normalized spacial score (nSPS) is 14.5. The first kappa shape index (κ1) is 14.4. The third-order valence-electron chi connectivity index (χ3n) is 3.34. The van der Waals surface area contributed by atoms with E-state index in [1.807, 2.05) is 25.1 Å². The Morgan fingerprint density at radius 1 is 1.35 bits per heavy atom. The maximum atomic E-state index is 11.9. The van der Waals surface area contributed by atoms with Crippen LogP contribution in [0.4, 0.5) is 10.5 Å². The van der Waals surface area contributed by atoms with Crippen LogP contribution >= 0.6 is 0 Å². The third-order valence-corrected chi connectivity index (χ3v) is 3.34. The fourth-order valence-corrected chi connectivity index (χ4v) is 2.49. The number of anilines is 1. The van der Waals surface area contributed by atoms with Gasteiger partial charge in [0.05, 0.1) is 0 Å². The van der Waals surface area contributed by atoms with Crippen molar-refractivity contribution in [1.29, 1.82) is 0 Å². The van der Waals surface area contributed by atoms with Gasteiger partial charge in [-0.05, 0) is 43.5 Å². The lowest BCUT2D eigenvalue weighted by Gasteiger charge is -2.13. The predicted octanol–water partition coefficient (Wildman–Crippen LogP) is 2.40. The molecule has 0 saturated heterocycles. The van der Waals surface area contributed by atoms with Crippen molar-refractivity contribution in [1.82, 2.24) is 5.32 Å². The Morgan fingerprint density at radius 2 is 2.10 bits per heavy atom. The number of carbonyl (C=O) groups excluding carboxylic acids is 1. The summed E-state index contributed by atoms with van der Waals surface area (Å²) in [5.74, 6) is 5.46. The van der Waals surface area contributed by atoms with Crippen LogP contribution in [0.25, 0.3) is 0 Å². The van der Waals surface area contributed by atoms with E-state index in [9.17, 15) is 4.79 Å². The van der Waals surface area contributed by atoms with Crippen LogP contribution in [0, 0.1) is 18.8 Å². The van der Waals surface area contributed by atoms with Gasteiger partial charge in [-0.3, -0.25) is 0 Å². The number of carbonyl (C=O) groups is 1. The molecule has 0 aliphatic heterocycles. The highest BCUT2D eigenvalue weighted by Crippen LogP contribution is 2.18. The summed E-state index contributed by atoms with van der Waals surface area (Å²) in [4.78, 5) is 11.9. The molecule has 3 N–H and O–H groups in total. The molecule has 1 aliphatic carbocycles. The molecule has 4 nitrogen and oxygen atoms in total. The minimum absolute atomic E-state index is 0.163. The van der Waals surface area contributed by atoms with Crippen molar-refractivity contribution in [3.05, 3.63) is 29.3 Å². The molecule has 2 amide bonds. The summed E-state index contributed by atoms with van der Waals surface area (Å²) in [6.07, 6.45) is 4.51. The number of urea groups is 1. The second kappa shape index (κ2) is 6.97. The Balaban J connectivity index is 2.00. The van der Waals surface area contributed by atoms with Gasteiger partial charge in [0.25, 0.3) is 0 Å². The predicted molar refractivity (Wildman–Crippen MR) is 79.6 cm³/mol. The van der Waals surface area contributed by atoms with Gasteiger partial charge in [-0.15, -0.1) is 0 Å². The summed E-state index contributed by atoms with van der Waals surface area (Å²) in [5.41, 5.74) is 2.53. The monoisotopic (exact) mass is 272 g/mol. The fourth-order valence-electron chi connectivity index (χ4n) is 2.49. The van der Waals surface area contributed by atoms with Crippen LogP contribution in [0.15, 0.2) is 18.2 Å². The summed E-state index contributed by atoms with van der Waals surface area (Å²) in [5, 5.41) is 14.5. The van der Waals surface area contributed by atoms with Gasteiger partial charge in [-0.2, -0.15) is 0 Å². The SMILES string of the molecule is Cc1cc(C#CCO)cc(NC(=O)NC2CCCC2)c1. The van der Waals surface area contributed by atoms with Gasteiger partial charge in [-0.1, -0.05) is 24.7 Å². The topological polar surface area (TPSA) is 61.4 Å². The minimum Gasteiger partial charge on any atom is -0.384 e. The van der Waals surface area contributed by atoms with Crippen LogP contribution in [-0.2, 0) is 0 Å². The average molecular weight is 272 g/mol. The Bertz CT molecular complexity index is 537. The number of rotatable bonds is 2. The molecular formula is C16H20N2O2. The molecule has 0 bridgehead atoms. The number of hydrogen-bond acceptors (Lipinski definition) is 2. The van der Waals surface area contributed by atoms with E-state index < -0.39 is 0 Å². The Labute approximate surface area is 119 Å². The molecule has 1 aliphatic rings. The van der Waals surface area contributed by atoms with Gasteiger partial charge in [0.1, 0.15) is 6.61 Å². The van der Waals surface area contributed by atoms with E-state index in [0.29, 0.717) is 6.04 Å². The van der Waals surface area contributed by atoms with Gasteiger partial charge in [-0.25, -0.2) is 4.79 Å². The summed E-state index contributed by atoms with van der Waals surface area (Å²) in [6.45, 7) is 1.78. The quantitative estimate of drug-likeness (QED) is 0.724. The van der Waals surface area contributed by atoms with Gasteiger partial charge in [0, 0.05) is 17.3 Å². The van der Waals surface area contributed by atoms with Crippen molar-refractivity contribution in [3.63, 3.8) is 0 Å². The lowest BCUT2D eigenvalue weighted by atomic mass is 10.1. The zero-order chi connectivity index (χ0) is 14.4. The summed E-state index contributed by atoms with van der Waals surface area (Å²) >= 11 is 0. The first-order valence-corrected chi connectivity index (χ1v) is 6.96. The highest BCUT2D eigenvalue weighted by Gasteiger charge is 2.16. The molecule has 106 valence electrons. The molecule has 1 aromatic carbocycles. The summed E-state index contributed by atoms with van der Waals surface area (Å²) in [7, 11) is 0. The Morgan fingerprint density at radius 3 is 2.80 bits per heavy atom. The molecular weight excluding hydrogens is 252 g/mol. The lowest BCUT2D eigenvalue weighted by Crippen LogP contribution is -2.36. The van der Waals surface area contributed by atoms with Crippen molar-refractivity contribution in [3.8, 4) is 11.8 Å². The molecule has 1 aromatic rings. The molecule has 1 saturated carbocycles. The summed E-state index contributed by atoms with van der Waals surface area (Å²) in [6, 6.07) is 5.77. The average Bonchev–Trinajstić information content (AvgIpc) is 2.88. The van der Waals surface area contributed by atoms with Gasteiger partial charge < -0.3 is 15.7 Å². The number of aliphatic hydroxyl groups excluding tert-OH is 1. The molecule has 20 heavy (non-hydrogen) atoms. The molecule has 2 rings (SSSR count). The standard InChI is InChI=1S/C16H20N2O2/c1-12-9-13(5-4-8-19)11-15(10-12)18-16(20)17-14-6-2-3-7-14/h9-11,14,19H,2-3,6-8H2,1H3,(H2,17,18,20). The van der Waals surface area contributed by atoms with Gasteiger partial charge in [0.15, 0.2) is 0 Å². The Kier molecular flexibility index (Phi) is 5.03. The van der Waals surface area contributed by atoms with Crippen molar-refractivity contribution in [2.24, 2.45) is 0 Å². The number of nitrogens with one attached hydrogen (secondary N) is 2. The summed E-state index contributed by atoms with van der Waals surface area (Å²) < 4.78 is 0. The number of aryl methyl sites for hydroxylation is 1. The van der Waals surface area contributed by atoms with E-state index >= 15 is 0 Å². The van der Waals surface area contributed by atoms with Crippen LogP contribution in [0.3, 0.4) is 0 Å². The van der Waals surface area contributed by atoms with Crippen LogP contribution < -0.4 is 10.6 Å². The van der Waals surface area contributed by atoms with Crippen LogP contribution in [-0.4, -0.2) is 23.8 Å². The Hall–Kier alpha value is -1.99. The van der Waals surface area contributed by atoms with E-state index in [1.54, 1.807) is 0 Å². The first-order valence-electron chi connectivity index (χ1n) is 6.96. The minimum atomic E-state index is -0.168. The highest BCUT2D eigenvalue weighted by atomic mass is 16.2. The smallest absolute Gasteiger partial charge is 0.319 e. The lowest BCUT2D eigenvalue weighted by molar-refractivity contribution is 0.248. The zero-order valence-electron chi connectivity index (χ0n) is 11.7. The largest absolute Gasteiger partial charge is 0.384 e. The van der Waals surface area contributed by atoms with Crippen LogP contribution in [0.2, 0.25) is 0 Å². The molecule has 0 aromatic heterocycles. The molecule has 4 heteroatoms. The van der Waals surface area contributed by atoms with Crippen molar-refractivity contribution < 1.29 is 9.90 Å². The van der Waals surface area contributed by atoms with E-state index in [4.69, 9.17) is 5.11 Å². The molecule has 0 radical (unpaired) electrons. The van der Waals surface area contributed by atoms with Crippen molar-refractivity contribution >= 4 is 11.7 Å². The second-order valence-electron chi connectivity index (χ2n) is 5.13. The number of aliphatic hydroxyl groups is 1. The molecule has 0 spiro atoms. The van der Waals surface area contributed by atoms with Gasteiger partial charge >= 0.3 is 6.03 Å². The highest BCUT2D eigenvalue weighted by molar-refractivity contribution is 5.89. The number of hydrogen-bond donors (Lipinski definition) is 3. The van der Waals surface area contributed by atoms with Gasteiger partial charge in [0.2, 0.25) is 0 Å². The number of benzene rings is 1. The fraction of sp³-hybridized carbons (Fsp3) is 0.438. The molecule has 0 atom stereocenters. The van der Waals surface area contributed by atoms with E-state index in [2.05, 4.69) is 22.5 Å². The van der Waals surface area contributed by atoms with Crippen molar-refractivity contribution in [2.45, 2.75) is 38.6 Å². The molecule has 0 unspecified atom stereocenters. The maximum absolute atomic E-state index is 11.9. The van der Waals surface area contributed by atoms with Crippen LogP contribution in [0.5, 0.6) is 0 Å². The van der Waals surface area contributed by atoms with Crippen LogP contribution in [0.1, 0.15) is 36.8 Å². The number of amides is 2. The molecule has 0 heterocycles. The maximum Gasteiger partial charge on any atom is 0.319 e. The zero-order valence-corrected chi connectivity index (χ0v) is 11.7. The van der Waals surface area contributed by atoms with Crippen molar-refractivity contribution in [2.75, 3.05) is 11.9 Å². The second-order valence-corrected chi connectivity index (χ2v) is 5.13. The first-order chi connectivity index (χ1) is 9.67. The van der Waals surface area contributed by atoms with E-state index in [0.717, 1.165) is 29.7 Å². The molecule has 1 fully saturated rings. The van der Waals surface area contributed by atoms with E-state index in [-0.39, 0.29) is 12.6 Å². The third kappa shape index (κ3) is 4.29.